The monoisotopic (exact) mass is 258 g/mol. The zero-order valence-corrected chi connectivity index (χ0v) is 9.97. The van der Waals surface area contributed by atoms with Crippen LogP contribution >= 0.6 is 0 Å². The summed E-state index contributed by atoms with van der Waals surface area (Å²) < 4.78 is 4.98. The molecule has 5 nitrogen and oxygen atoms in total. The first-order chi connectivity index (χ1) is 9.09. The van der Waals surface area contributed by atoms with Crippen LogP contribution in [0.15, 0.2) is 48.5 Å². The Morgan fingerprint density at radius 3 is 1.42 bits per heavy atom. The molecule has 0 amide bonds. The molecule has 0 bridgehead atoms. The molecule has 0 saturated heterocycles. The van der Waals surface area contributed by atoms with Crippen molar-refractivity contribution in [1.82, 2.24) is 0 Å². The topological polar surface area (TPSA) is 90.2 Å². The van der Waals surface area contributed by atoms with Gasteiger partial charge in [-0.1, -0.05) is 36.4 Å². The first-order valence-corrected chi connectivity index (χ1v) is 5.67. The molecule has 4 N–H and O–H groups in total. The highest BCUT2D eigenvalue weighted by atomic mass is 16.5. The Bertz CT molecular complexity index is 514. The fourth-order valence-electron chi connectivity index (χ4n) is 1.66. The molecule has 0 fully saturated rings. The Morgan fingerprint density at radius 1 is 0.684 bits per heavy atom. The van der Waals surface area contributed by atoms with Crippen LogP contribution in [0.2, 0.25) is 0 Å². The number of para-hydroxylation sites is 2. The summed E-state index contributed by atoms with van der Waals surface area (Å²) in [7, 11) is -3.01. The molecular formula is C12H12B2O5. The van der Waals surface area contributed by atoms with Crippen LogP contribution in [0.3, 0.4) is 0 Å². The van der Waals surface area contributed by atoms with Crippen molar-refractivity contribution in [1.29, 1.82) is 0 Å². The summed E-state index contributed by atoms with van der Waals surface area (Å²) >= 11 is 0. The summed E-state index contributed by atoms with van der Waals surface area (Å²) in [5, 5.41) is 38.7. The minimum absolute atomic E-state index is 0.136. The lowest BCUT2D eigenvalue weighted by molar-refractivity contribution is 0.374. The molecule has 96 valence electrons. The molecule has 0 aliphatic rings. The molecule has 2 aromatic rings. The average Bonchev–Trinajstić information content (AvgIpc) is 2.39. The van der Waals surface area contributed by atoms with Gasteiger partial charge in [-0.15, -0.1) is 0 Å². The van der Waals surface area contributed by atoms with E-state index in [1.807, 2.05) is 0 Å². The Hall–Kier alpha value is -1.95. The third kappa shape index (κ3) is 3.08. The number of phenols is 2. The standard InChI is InChI=1S/C12H12B2O5/c15-11-7-3-1-5-9(11)13(17)19-14(18)10-6-2-4-8-12(10)16/h1-8,15-18H. The number of rotatable bonds is 4. The molecule has 2 aromatic carbocycles. The van der Waals surface area contributed by atoms with Crippen molar-refractivity contribution in [2.75, 3.05) is 0 Å². The van der Waals surface area contributed by atoms with Crippen LogP contribution in [0.1, 0.15) is 0 Å². The maximum absolute atomic E-state index is 9.80. The van der Waals surface area contributed by atoms with Crippen molar-refractivity contribution in [2.45, 2.75) is 0 Å². The van der Waals surface area contributed by atoms with Crippen molar-refractivity contribution in [3.05, 3.63) is 48.5 Å². The van der Waals surface area contributed by atoms with Gasteiger partial charge in [-0.25, -0.2) is 0 Å². The average molecular weight is 258 g/mol. The quantitative estimate of drug-likeness (QED) is 0.538. The van der Waals surface area contributed by atoms with Crippen molar-refractivity contribution >= 4 is 25.2 Å². The number of phenolic OH excluding ortho intramolecular Hbond substituents is 2. The van der Waals surface area contributed by atoms with Crippen molar-refractivity contribution in [3.8, 4) is 11.5 Å². The van der Waals surface area contributed by atoms with Gasteiger partial charge >= 0.3 is 14.2 Å². The largest absolute Gasteiger partial charge is 0.508 e. The van der Waals surface area contributed by atoms with Crippen LogP contribution in [0, 0.1) is 0 Å². The molecule has 0 aliphatic heterocycles. The van der Waals surface area contributed by atoms with Crippen molar-refractivity contribution in [3.63, 3.8) is 0 Å². The van der Waals surface area contributed by atoms with Crippen LogP contribution < -0.4 is 10.9 Å². The van der Waals surface area contributed by atoms with E-state index in [0.29, 0.717) is 0 Å². The van der Waals surface area contributed by atoms with E-state index in [4.69, 9.17) is 4.57 Å². The second-order valence-corrected chi connectivity index (χ2v) is 3.96. The number of hydrogen-bond acceptors (Lipinski definition) is 5. The molecule has 19 heavy (non-hydrogen) atoms. The van der Waals surface area contributed by atoms with Crippen LogP contribution in [0.5, 0.6) is 11.5 Å². The zero-order valence-electron chi connectivity index (χ0n) is 9.97. The Morgan fingerprint density at radius 2 is 1.05 bits per heavy atom. The minimum atomic E-state index is -1.50. The van der Waals surface area contributed by atoms with Crippen LogP contribution in [0.4, 0.5) is 0 Å². The molecule has 0 aliphatic carbocycles. The van der Waals surface area contributed by atoms with Crippen LogP contribution in [0.25, 0.3) is 0 Å². The lowest BCUT2D eigenvalue weighted by Gasteiger charge is -2.13. The Kier molecular flexibility index (Phi) is 4.11. The van der Waals surface area contributed by atoms with E-state index < -0.39 is 14.2 Å². The molecular weight excluding hydrogens is 246 g/mol. The lowest BCUT2D eigenvalue weighted by atomic mass is 9.70. The highest BCUT2D eigenvalue weighted by Crippen LogP contribution is 2.07. The van der Waals surface area contributed by atoms with Crippen LogP contribution in [-0.2, 0) is 4.57 Å². The van der Waals surface area contributed by atoms with Gasteiger partial charge in [-0.3, -0.25) is 0 Å². The number of benzene rings is 2. The summed E-state index contributed by atoms with van der Waals surface area (Å²) in [6, 6.07) is 12.2. The highest BCUT2D eigenvalue weighted by Gasteiger charge is 2.29. The summed E-state index contributed by atoms with van der Waals surface area (Å²) in [5.41, 5.74) is 0.272. The second kappa shape index (κ2) is 5.79. The van der Waals surface area contributed by atoms with Gasteiger partial charge in [0.05, 0.1) is 0 Å². The molecule has 0 aromatic heterocycles. The van der Waals surface area contributed by atoms with E-state index >= 15 is 0 Å². The normalized spacial score (nSPS) is 10.2. The maximum Gasteiger partial charge on any atom is 0.481 e. The zero-order chi connectivity index (χ0) is 13.8. The van der Waals surface area contributed by atoms with Gasteiger partial charge in [0.2, 0.25) is 0 Å². The van der Waals surface area contributed by atoms with E-state index in [1.165, 1.54) is 24.3 Å². The van der Waals surface area contributed by atoms with Crippen molar-refractivity contribution in [2.24, 2.45) is 0 Å². The van der Waals surface area contributed by atoms with E-state index in [0.717, 1.165) is 0 Å². The van der Waals surface area contributed by atoms with Gasteiger partial charge in [-0.2, -0.15) is 0 Å². The maximum atomic E-state index is 9.80. The third-order valence-electron chi connectivity index (χ3n) is 2.66. The summed E-state index contributed by atoms with van der Waals surface area (Å²) in [6.07, 6.45) is 0. The summed E-state index contributed by atoms with van der Waals surface area (Å²) in [5.74, 6) is -0.279. The van der Waals surface area contributed by atoms with Gasteiger partial charge in [0.25, 0.3) is 0 Å². The molecule has 0 saturated carbocycles. The minimum Gasteiger partial charge on any atom is -0.508 e. The molecule has 0 atom stereocenters. The molecule has 0 unspecified atom stereocenters. The lowest BCUT2D eigenvalue weighted by Crippen LogP contribution is -2.45. The van der Waals surface area contributed by atoms with Gasteiger partial charge in [0, 0.05) is 10.9 Å². The van der Waals surface area contributed by atoms with E-state index in [9.17, 15) is 20.3 Å². The molecule has 7 heteroatoms. The van der Waals surface area contributed by atoms with E-state index in [2.05, 4.69) is 0 Å². The summed E-state index contributed by atoms with van der Waals surface area (Å²) in [6.45, 7) is 0. The van der Waals surface area contributed by atoms with Gasteiger partial charge in [-0.05, 0) is 12.1 Å². The Balaban J connectivity index is 2.13. The highest BCUT2D eigenvalue weighted by molar-refractivity contribution is 6.73. The van der Waals surface area contributed by atoms with Gasteiger partial charge < -0.3 is 24.8 Å². The fraction of sp³-hybridized carbons (Fsp3) is 0. The van der Waals surface area contributed by atoms with E-state index in [-0.39, 0.29) is 22.4 Å². The van der Waals surface area contributed by atoms with Gasteiger partial charge in [0.15, 0.2) is 0 Å². The van der Waals surface area contributed by atoms with E-state index in [1.54, 1.807) is 24.3 Å². The predicted octanol–water partition coefficient (Wildman–Crippen LogP) is -0.810. The van der Waals surface area contributed by atoms with Gasteiger partial charge in [0.1, 0.15) is 11.5 Å². The molecule has 0 spiro atoms. The SMILES string of the molecule is OB(OB(O)c1ccccc1O)c1ccccc1O. The third-order valence-corrected chi connectivity index (χ3v) is 2.66. The number of hydrogen-bond donors (Lipinski definition) is 4. The van der Waals surface area contributed by atoms with Crippen molar-refractivity contribution < 1.29 is 24.8 Å². The first-order valence-electron chi connectivity index (χ1n) is 5.67. The first kappa shape index (κ1) is 13.5. The van der Waals surface area contributed by atoms with Crippen LogP contribution in [-0.4, -0.2) is 34.5 Å². The Labute approximate surface area is 111 Å². The predicted molar refractivity (Wildman–Crippen MR) is 72.5 cm³/mol. The molecule has 0 heterocycles. The second-order valence-electron chi connectivity index (χ2n) is 3.96. The summed E-state index contributed by atoms with van der Waals surface area (Å²) in [4.78, 5) is 0. The molecule has 0 radical (unpaired) electrons. The smallest absolute Gasteiger partial charge is 0.481 e. The number of aromatic hydroxyl groups is 2. The fourth-order valence-corrected chi connectivity index (χ4v) is 1.66. The molecule has 2 rings (SSSR count).